The van der Waals surface area contributed by atoms with Gasteiger partial charge in [0, 0.05) is 18.5 Å². The molecule has 0 radical (unpaired) electrons. The number of fused-ring (bicyclic) bond motifs is 1. The highest BCUT2D eigenvalue weighted by Crippen LogP contribution is 2.18. The van der Waals surface area contributed by atoms with Crippen LogP contribution >= 0.6 is 0 Å². The molecule has 3 rings (SSSR count). The van der Waals surface area contributed by atoms with Gasteiger partial charge in [-0.25, -0.2) is 8.42 Å². The van der Waals surface area contributed by atoms with Crippen LogP contribution in [0.5, 0.6) is 0 Å². The number of rotatable bonds is 3. The molecule has 1 atom stereocenters. The molecule has 0 spiro atoms. The summed E-state index contributed by atoms with van der Waals surface area (Å²) in [4.78, 5) is 26.0. The SMILES string of the molecule is CC(NC(=O)c1cc2ccccc2o1)C(=O)N1CCS(=O)(=O)CC1. The van der Waals surface area contributed by atoms with E-state index in [1.807, 2.05) is 18.2 Å². The monoisotopic (exact) mass is 350 g/mol. The zero-order chi connectivity index (χ0) is 17.3. The Labute approximate surface area is 139 Å². The molecule has 1 saturated heterocycles. The number of carbonyl (C=O) groups is 2. The first-order valence-corrected chi connectivity index (χ1v) is 9.46. The number of hydrogen-bond acceptors (Lipinski definition) is 5. The number of benzene rings is 1. The highest BCUT2D eigenvalue weighted by Gasteiger charge is 2.29. The van der Waals surface area contributed by atoms with Crippen LogP contribution in [0.4, 0.5) is 0 Å². The molecule has 2 heterocycles. The summed E-state index contributed by atoms with van der Waals surface area (Å²) in [5.41, 5.74) is 0.600. The van der Waals surface area contributed by atoms with Crippen molar-refractivity contribution in [2.75, 3.05) is 24.6 Å². The number of amides is 2. The maximum atomic E-state index is 12.3. The van der Waals surface area contributed by atoms with E-state index in [9.17, 15) is 18.0 Å². The molecule has 0 saturated carbocycles. The van der Waals surface area contributed by atoms with Crippen LogP contribution in [0.1, 0.15) is 17.5 Å². The standard InChI is InChI=1S/C16H18N2O5S/c1-11(16(20)18-6-8-24(21,22)9-7-18)17-15(19)14-10-12-4-2-3-5-13(12)23-14/h2-5,10-11H,6-9H2,1H3,(H,17,19). The molecule has 1 fully saturated rings. The van der Waals surface area contributed by atoms with Gasteiger partial charge >= 0.3 is 0 Å². The summed E-state index contributed by atoms with van der Waals surface area (Å²) < 4.78 is 28.3. The molecule has 1 N–H and O–H groups in total. The Morgan fingerprint density at radius 3 is 2.54 bits per heavy atom. The van der Waals surface area contributed by atoms with Crippen molar-refractivity contribution in [2.45, 2.75) is 13.0 Å². The van der Waals surface area contributed by atoms with E-state index in [2.05, 4.69) is 5.32 Å². The van der Waals surface area contributed by atoms with E-state index in [-0.39, 0.29) is 36.3 Å². The summed E-state index contributed by atoms with van der Waals surface area (Å²) in [6.45, 7) is 1.89. The van der Waals surface area contributed by atoms with Gasteiger partial charge in [0.2, 0.25) is 5.91 Å². The normalized spacial score (nSPS) is 18.3. The molecule has 128 valence electrons. The second-order valence-corrected chi connectivity index (χ2v) is 8.12. The lowest BCUT2D eigenvalue weighted by Gasteiger charge is -2.29. The van der Waals surface area contributed by atoms with E-state index in [1.165, 1.54) is 4.90 Å². The van der Waals surface area contributed by atoms with Gasteiger partial charge in [0.25, 0.3) is 5.91 Å². The van der Waals surface area contributed by atoms with Crippen LogP contribution in [0.15, 0.2) is 34.7 Å². The fourth-order valence-corrected chi connectivity index (χ4v) is 3.83. The van der Waals surface area contributed by atoms with Gasteiger partial charge in [-0.1, -0.05) is 18.2 Å². The van der Waals surface area contributed by atoms with E-state index < -0.39 is 21.8 Å². The number of nitrogens with zero attached hydrogens (tertiary/aromatic N) is 1. The van der Waals surface area contributed by atoms with Gasteiger partial charge in [-0.2, -0.15) is 0 Å². The Hall–Kier alpha value is -2.35. The lowest BCUT2D eigenvalue weighted by atomic mass is 10.2. The average molecular weight is 350 g/mol. The largest absolute Gasteiger partial charge is 0.451 e. The molecule has 8 heteroatoms. The van der Waals surface area contributed by atoms with Gasteiger partial charge in [0.15, 0.2) is 15.6 Å². The van der Waals surface area contributed by atoms with Crippen LogP contribution in [0.2, 0.25) is 0 Å². The Bertz CT molecular complexity index is 840. The second kappa shape index (κ2) is 6.27. The van der Waals surface area contributed by atoms with Crippen LogP contribution in [-0.2, 0) is 14.6 Å². The van der Waals surface area contributed by atoms with Gasteiger partial charge < -0.3 is 14.6 Å². The second-order valence-electron chi connectivity index (χ2n) is 5.82. The van der Waals surface area contributed by atoms with Gasteiger partial charge in [0.05, 0.1) is 11.5 Å². The van der Waals surface area contributed by atoms with Crippen LogP contribution in [0, 0.1) is 0 Å². The summed E-state index contributed by atoms with van der Waals surface area (Å²) in [6.07, 6.45) is 0. The highest BCUT2D eigenvalue weighted by atomic mass is 32.2. The molecule has 1 aliphatic rings. The van der Waals surface area contributed by atoms with E-state index in [1.54, 1.807) is 19.1 Å². The van der Waals surface area contributed by atoms with Crippen LogP contribution in [-0.4, -0.2) is 55.8 Å². The maximum Gasteiger partial charge on any atom is 0.287 e. The first kappa shape index (κ1) is 16.5. The number of para-hydroxylation sites is 1. The lowest BCUT2D eigenvalue weighted by Crippen LogP contribution is -2.51. The van der Waals surface area contributed by atoms with Crippen molar-refractivity contribution in [3.05, 3.63) is 36.1 Å². The molecule has 2 amide bonds. The Balaban J connectivity index is 1.64. The molecule has 1 aliphatic heterocycles. The fourth-order valence-electron chi connectivity index (χ4n) is 2.63. The van der Waals surface area contributed by atoms with E-state index >= 15 is 0 Å². The van der Waals surface area contributed by atoms with Crippen molar-refractivity contribution in [3.8, 4) is 0 Å². The van der Waals surface area contributed by atoms with Gasteiger partial charge in [-0.15, -0.1) is 0 Å². The van der Waals surface area contributed by atoms with Crippen molar-refractivity contribution >= 4 is 32.6 Å². The van der Waals surface area contributed by atoms with Crippen LogP contribution in [0.3, 0.4) is 0 Å². The van der Waals surface area contributed by atoms with E-state index in [0.717, 1.165) is 5.39 Å². The zero-order valence-corrected chi connectivity index (χ0v) is 14.0. The van der Waals surface area contributed by atoms with Crippen molar-refractivity contribution in [3.63, 3.8) is 0 Å². The van der Waals surface area contributed by atoms with Gasteiger partial charge in [-0.3, -0.25) is 9.59 Å². The average Bonchev–Trinajstić information content (AvgIpc) is 2.98. The summed E-state index contributed by atoms with van der Waals surface area (Å²) in [5, 5.41) is 3.41. The molecule has 24 heavy (non-hydrogen) atoms. The third-order valence-corrected chi connectivity index (χ3v) is 5.63. The number of hydrogen-bond donors (Lipinski definition) is 1. The molecular weight excluding hydrogens is 332 g/mol. The highest BCUT2D eigenvalue weighted by molar-refractivity contribution is 7.91. The minimum atomic E-state index is -3.05. The quantitative estimate of drug-likeness (QED) is 0.883. The lowest BCUT2D eigenvalue weighted by molar-refractivity contribution is -0.132. The Kier molecular flexibility index (Phi) is 4.31. The Morgan fingerprint density at radius 2 is 1.88 bits per heavy atom. The number of carbonyl (C=O) groups excluding carboxylic acids is 2. The summed E-state index contributed by atoms with van der Waals surface area (Å²) in [7, 11) is -3.05. The van der Waals surface area contributed by atoms with Crippen LogP contribution in [0.25, 0.3) is 11.0 Å². The van der Waals surface area contributed by atoms with Crippen molar-refractivity contribution in [2.24, 2.45) is 0 Å². The number of sulfone groups is 1. The summed E-state index contributed by atoms with van der Waals surface area (Å²) in [6, 6.07) is 8.11. The third-order valence-electron chi connectivity index (χ3n) is 4.02. The molecule has 1 aromatic carbocycles. The number of nitrogens with one attached hydrogen (secondary N) is 1. The minimum absolute atomic E-state index is 0.0387. The van der Waals surface area contributed by atoms with Crippen LogP contribution < -0.4 is 5.32 Å². The fraction of sp³-hybridized carbons (Fsp3) is 0.375. The predicted molar refractivity (Wildman–Crippen MR) is 88.4 cm³/mol. The maximum absolute atomic E-state index is 12.3. The first-order valence-electron chi connectivity index (χ1n) is 7.64. The molecule has 2 aromatic rings. The molecule has 0 bridgehead atoms. The minimum Gasteiger partial charge on any atom is -0.451 e. The zero-order valence-electron chi connectivity index (χ0n) is 13.2. The third kappa shape index (κ3) is 3.43. The van der Waals surface area contributed by atoms with Gasteiger partial charge in [-0.05, 0) is 19.1 Å². The summed E-state index contributed by atoms with van der Waals surface area (Å²) >= 11 is 0. The van der Waals surface area contributed by atoms with E-state index in [0.29, 0.717) is 5.58 Å². The van der Waals surface area contributed by atoms with E-state index in [4.69, 9.17) is 4.42 Å². The Morgan fingerprint density at radius 1 is 1.21 bits per heavy atom. The molecule has 1 aromatic heterocycles. The molecule has 1 unspecified atom stereocenters. The van der Waals surface area contributed by atoms with Crippen molar-refractivity contribution in [1.82, 2.24) is 10.2 Å². The molecule has 7 nitrogen and oxygen atoms in total. The predicted octanol–water partition coefficient (Wildman–Crippen LogP) is 0.808. The molecule has 0 aliphatic carbocycles. The first-order chi connectivity index (χ1) is 11.4. The van der Waals surface area contributed by atoms with Gasteiger partial charge in [0.1, 0.15) is 11.6 Å². The van der Waals surface area contributed by atoms with Crippen molar-refractivity contribution in [1.29, 1.82) is 0 Å². The summed E-state index contributed by atoms with van der Waals surface area (Å²) in [5.74, 6) is -0.713. The number of furan rings is 1. The molecular formula is C16H18N2O5S. The smallest absolute Gasteiger partial charge is 0.287 e. The topological polar surface area (TPSA) is 96.7 Å². The van der Waals surface area contributed by atoms with Crippen molar-refractivity contribution < 1.29 is 22.4 Å².